The Bertz CT molecular complexity index is 438. The predicted octanol–water partition coefficient (Wildman–Crippen LogP) is 3.09. The molecule has 0 bridgehead atoms. The zero-order valence-corrected chi connectivity index (χ0v) is 11.4. The van der Waals surface area contributed by atoms with Crippen LogP contribution in [0.2, 0.25) is 0 Å². The van der Waals surface area contributed by atoms with Gasteiger partial charge in [0, 0.05) is 17.8 Å². The van der Waals surface area contributed by atoms with Gasteiger partial charge in [0.05, 0.1) is 6.61 Å². The summed E-state index contributed by atoms with van der Waals surface area (Å²) < 4.78 is 4.87. The quantitative estimate of drug-likeness (QED) is 0.620. The molecule has 0 unspecified atom stereocenters. The monoisotopic (exact) mass is 247 g/mol. The fourth-order valence-corrected chi connectivity index (χ4v) is 1.72. The number of esters is 1. The number of hydrogen-bond donors (Lipinski definition) is 1. The summed E-state index contributed by atoms with van der Waals surface area (Å²) in [6.45, 7) is 10.5. The van der Waals surface area contributed by atoms with E-state index in [4.69, 9.17) is 4.74 Å². The number of anilines is 1. The summed E-state index contributed by atoms with van der Waals surface area (Å²) in [6, 6.07) is 6.20. The molecule has 1 rings (SSSR count). The molecular formula is C15H21NO2. The molecule has 0 aromatic heterocycles. The fourth-order valence-electron chi connectivity index (χ4n) is 1.72. The van der Waals surface area contributed by atoms with E-state index in [1.165, 1.54) is 11.1 Å². The first-order chi connectivity index (χ1) is 8.58. The van der Waals surface area contributed by atoms with Crippen molar-refractivity contribution in [3.05, 3.63) is 41.5 Å². The largest absolute Gasteiger partial charge is 0.463 e. The second-order valence-electron chi connectivity index (χ2n) is 4.17. The van der Waals surface area contributed by atoms with E-state index in [2.05, 4.69) is 37.9 Å². The number of aryl methyl sites for hydroxylation is 2. The zero-order valence-electron chi connectivity index (χ0n) is 11.4. The third-order valence-electron chi connectivity index (χ3n) is 2.79. The average Bonchev–Trinajstić information content (AvgIpc) is 2.36. The van der Waals surface area contributed by atoms with Gasteiger partial charge in [0.2, 0.25) is 0 Å². The molecule has 1 N–H and O–H groups in total. The lowest BCUT2D eigenvalue weighted by molar-refractivity contribution is -0.138. The van der Waals surface area contributed by atoms with Crippen LogP contribution < -0.4 is 5.32 Å². The van der Waals surface area contributed by atoms with E-state index in [1.807, 2.05) is 6.07 Å². The Morgan fingerprint density at radius 2 is 2.11 bits per heavy atom. The topological polar surface area (TPSA) is 38.3 Å². The van der Waals surface area contributed by atoms with Gasteiger partial charge in [-0.3, -0.25) is 0 Å². The third-order valence-corrected chi connectivity index (χ3v) is 2.79. The molecule has 0 spiro atoms. The van der Waals surface area contributed by atoms with Crippen LogP contribution in [0, 0.1) is 6.92 Å². The molecule has 0 aliphatic heterocycles. The highest BCUT2D eigenvalue weighted by molar-refractivity contribution is 5.88. The molecule has 3 nitrogen and oxygen atoms in total. The van der Waals surface area contributed by atoms with Crippen molar-refractivity contribution >= 4 is 11.7 Å². The van der Waals surface area contributed by atoms with Crippen LogP contribution in [0.1, 0.15) is 25.0 Å². The van der Waals surface area contributed by atoms with E-state index in [0.717, 1.165) is 12.1 Å². The fraction of sp³-hybridized carbons (Fsp3) is 0.400. The molecule has 0 amide bonds. The summed E-state index contributed by atoms with van der Waals surface area (Å²) in [5, 5.41) is 3.18. The minimum Gasteiger partial charge on any atom is -0.463 e. The summed E-state index contributed by atoms with van der Waals surface area (Å²) in [7, 11) is 0. The van der Waals surface area contributed by atoms with Crippen LogP contribution in [0.15, 0.2) is 30.4 Å². The highest BCUT2D eigenvalue weighted by Gasteiger charge is 2.07. The lowest BCUT2D eigenvalue weighted by Crippen LogP contribution is -2.14. The maximum Gasteiger partial charge on any atom is 0.335 e. The van der Waals surface area contributed by atoms with Crippen molar-refractivity contribution in [2.24, 2.45) is 0 Å². The van der Waals surface area contributed by atoms with Gasteiger partial charge in [-0.25, -0.2) is 4.79 Å². The Hall–Kier alpha value is -1.77. The molecule has 0 saturated heterocycles. The highest BCUT2D eigenvalue weighted by atomic mass is 16.5. The number of carbonyl (C=O) groups excluding carboxylic acids is 1. The molecule has 3 heteroatoms. The number of ether oxygens (including phenoxy) is 1. The molecule has 0 atom stereocenters. The van der Waals surface area contributed by atoms with Gasteiger partial charge in [0.25, 0.3) is 0 Å². The van der Waals surface area contributed by atoms with Crippen LogP contribution in [-0.2, 0) is 16.0 Å². The van der Waals surface area contributed by atoms with E-state index in [1.54, 1.807) is 6.92 Å². The standard InChI is InChI=1S/C15H21NO2/c1-5-13-7-8-14(9-11(13)3)16-10-12(4)15(17)18-6-2/h7-9,16H,4-6,10H2,1-3H3. The predicted molar refractivity (Wildman–Crippen MR) is 74.8 cm³/mol. The molecule has 0 fully saturated rings. The molecule has 98 valence electrons. The maximum absolute atomic E-state index is 11.4. The Labute approximate surface area is 109 Å². The summed E-state index contributed by atoms with van der Waals surface area (Å²) >= 11 is 0. The van der Waals surface area contributed by atoms with Gasteiger partial charge < -0.3 is 10.1 Å². The molecule has 18 heavy (non-hydrogen) atoms. The van der Waals surface area contributed by atoms with Crippen LogP contribution in [0.4, 0.5) is 5.69 Å². The summed E-state index contributed by atoms with van der Waals surface area (Å²) in [6.07, 6.45) is 1.03. The van der Waals surface area contributed by atoms with Crippen molar-refractivity contribution < 1.29 is 9.53 Å². The van der Waals surface area contributed by atoms with Gasteiger partial charge in [-0.1, -0.05) is 19.6 Å². The van der Waals surface area contributed by atoms with Crippen LogP contribution in [0.5, 0.6) is 0 Å². The van der Waals surface area contributed by atoms with Crippen molar-refractivity contribution in [3.63, 3.8) is 0 Å². The first-order valence-electron chi connectivity index (χ1n) is 6.26. The molecule has 1 aromatic rings. The molecular weight excluding hydrogens is 226 g/mol. The molecule has 0 radical (unpaired) electrons. The van der Waals surface area contributed by atoms with E-state index in [0.29, 0.717) is 18.7 Å². The lowest BCUT2D eigenvalue weighted by Gasteiger charge is -2.10. The van der Waals surface area contributed by atoms with Gasteiger partial charge in [-0.2, -0.15) is 0 Å². The Morgan fingerprint density at radius 1 is 1.39 bits per heavy atom. The second-order valence-corrected chi connectivity index (χ2v) is 4.17. The Morgan fingerprint density at radius 3 is 2.67 bits per heavy atom. The second kappa shape index (κ2) is 6.84. The van der Waals surface area contributed by atoms with Gasteiger partial charge in [-0.05, 0) is 43.5 Å². The summed E-state index contributed by atoms with van der Waals surface area (Å²) in [4.78, 5) is 11.4. The van der Waals surface area contributed by atoms with E-state index >= 15 is 0 Å². The Kier molecular flexibility index (Phi) is 5.43. The first kappa shape index (κ1) is 14.3. The van der Waals surface area contributed by atoms with Crippen LogP contribution in [-0.4, -0.2) is 19.1 Å². The van der Waals surface area contributed by atoms with Crippen LogP contribution in [0.3, 0.4) is 0 Å². The van der Waals surface area contributed by atoms with Crippen molar-refractivity contribution in [3.8, 4) is 0 Å². The van der Waals surface area contributed by atoms with Crippen molar-refractivity contribution in [2.45, 2.75) is 27.2 Å². The number of benzene rings is 1. The van der Waals surface area contributed by atoms with Crippen LogP contribution >= 0.6 is 0 Å². The van der Waals surface area contributed by atoms with E-state index < -0.39 is 0 Å². The normalized spacial score (nSPS) is 9.94. The van der Waals surface area contributed by atoms with Gasteiger partial charge >= 0.3 is 5.97 Å². The first-order valence-corrected chi connectivity index (χ1v) is 6.26. The SMILES string of the molecule is C=C(CNc1ccc(CC)c(C)c1)C(=O)OCC. The van der Waals surface area contributed by atoms with E-state index in [-0.39, 0.29) is 5.97 Å². The summed E-state index contributed by atoms with van der Waals surface area (Å²) in [5.74, 6) is -0.341. The number of nitrogens with one attached hydrogen (secondary N) is 1. The van der Waals surface area contributed by atoms with Gasteiger partial charge in [0.1, 0.15) is 0 Å². The summed E-state index contributed by atoms with van der Waals surface area (Å²) in [5.41, 5.74) is 4.03. The minimum atomic E-state index is -0.341. The molecule has 0 heterocycles. The molecule has 0 aliphatic rings. The van der Waals surface area contributed by atoms with Gasteiger partial charge in [0.15, 0.2) is 0 Å². The maximum atomic E-state index is 11.4. The molecule has 1 aromatic carbocycles. The van der Waals surface area contributed by atoms with Crippen LogP contribution in [0.25, 0.3) is 0 Å². The van der Waals surface area contributed by atoms with E-state index in [9.17, 15) is 4.79 Å². The van der Waals surface area contributed by atoms with Crippen molar-refractivity contribution in [1.82, 2.24) is 0 Å². The number of carbonyl (C=O) groups is 1. The zero-order chi connectivity index (χ0) is 13.5. The van der Waals surface area contributed by atoms with Crippen molar-refractivity contribution in [2.75, 3.05) is 18.5 Å². The lowest BCUT2D eigenvalue weighted by atomic mass is 10.1. The number of rotatable bonds is 6. The Balaban J connectivity index is 2.56. The average molecular weight is 247 g/mol. The van der Waals surface area contributed by atoms with Crippen molar-refractivity contribution in [1.29, 1.82) is 0 Å². The van der Waals surface area contributed by atoms with Gasteiger partial charge in [-0.15, -0.1) is 0 Å². The minimum absolute atomic E-state index is 0.341. The smallest absolute Gasteiger partial charge is 0.335 e. The molecule has 0 aliphatic carbocycles. The number of hydrogen-bond acceptors (Lipinski definition) is 3. The third kappa shape index (κ3) is 3.91. The highest BCUT2D eigenvalue weighted by Crippen LogP contribution is 2.15. The molecule has 0 saturated carbocycles.